The molecule has 0 aliphatic carbocycles. The second-order valence-electron chi connectivity index (χ2n) is 28.0. The van der Waals surface area contributed by atoms with Crippen molar-refractivity contribution in [2.24, 2.45) is 47.3 Å². The maximum absolute atomic E-state index is 13.8. The molecule has 0 amide bonds. The number of likely N-dealkylation sites (N-methyl/N-ethyl adjacent to an activating group) is 2. The smallest absolute Gasteiger partial charge is 0.330 e. The fourth-order valence-electron chi connectivity index (χ4n) is 14.2. The number of Topliss-reactive ketones (excluding diaryl/α,β-unsaturated/α-hetero) is 2. The molecule has 4 saturated heterocycles. The van der Waals surface area contributed by atoms with E-state index in [1.54, 1.807) is 55.4 Å². The number of ketones is 2. The van der Waals surface area contributed by atoms with Crippen LogP contribution < -0.4 is 0 Å². The zero-order valence-corrected chi connectivity index (χ0v) is 59.6. The van der Waals surface area contributed by atoms with Gasteiger partial charge in [0, 0.05) is 74.8 Å². The van der Waals surface area contributed by atoms with Crippen molar-refractivity contribution in [3.63, 3.8) is 0 Å². The number of nitrogens with zero attached hydrogens (tertiary/aromatic N) is 2. The summed E-state index contributed by atoms with van der Waals surface area (Å²) in [7, 11) is 10.4. The number of cyclic esters (lactones) is 2. The Kier molecular flexibility index (Phi) is 31.0. The van der Waals surface area contributed by atoms with Gasteiger partial charge in [0.15, 0.2) is 18.7 Å². The van der Waals surface area contributed by atoms with Gasteiger partial charge in [0.2, 0.25) is 0 Å². The Hall–Kier alpha value is -4.35. The molecule has 25 heteroatoms. The van der Waals surface area contributed by atoms with Gasteiger partial charge in [0.25, 0.3) is 0 Å². The van der Waals surface area contributed by atoms with Gasteiger partial charge in [-0.05, 0) is 122 Å². The van der Waals surface area contributed by atoms with Crippen LogP contribution in [0.1, 0.15) is 156 Å². The number of methoxy groups -OCH3 is 2. The number of carbonyl (C=O) groups excluding carboxylic acids is 7. The lowest BCUT2D eigenvalue weighted by Crippen LogP contribution is -2.61. The molecule has 4 aliphatic heterocycles. The number of esters is 5. The average molecular weight is 1330 g/mol. The fourth-order valence-corrected chi connectivity index (χ4v) is 14.2. The van der Waals surface area contributed by atoms with Gasteiger partial charge in [-0.15, -0.1) is 0 Å². The van der Waals surface area contributed by atoms with E-state index in [1.165, 1.54) is 62.7 Å². The van der Waals surface area contributed by atoms with Crippen molar-refractivity contribution in [2.75, 3.05) is 42.4 Å². The summed E-state index contributed by atoms with van der Waals surface area (Å²) in [6.45, 7) is 34.5. The number of carbonyl (C=O) groups is 7. The van der Waals surface area contributed by atoms with Gasteiger partial charge in [0.1, 0.15) is 53.3 Å². The summed E-state index contributed by atoms with van der Waals surface area (Å²) in [5.41, 5.74) is -6.52. The minimum absolute atomic E-state index is 0.0618. The maximum Gasteiger partial charge on any atom is 0.330 e. The van der Waals surface area contributed by atoms with Crippen molar-refractivity contribution in [3.05, 3.63) is 25.3 Å². The number of hydrogen-bond donors (Lipinski definition) is 5. The lowest BCUT2D eigenvalue weighted by molar-refractivity contribution is -0.304. The predicted molar refractivity (Wildman–Crippen MR) is 341 cm³/mol. The van der Waals surface area contributed by atoms with Gasteiger partial charge >= 0.3 is 29.8 Å². The topological polar surface area (TPSA) is 329 Å². The largest absolute Gasteiger partial charge is 0.459 e. The first kappa shape index (κ1) is 82.9. The van der Waals surface area contributed by atoms with Crippen LogP contribution in [0.5, 0.6) is 0 Å². The summed E-state index contributed by atoms with van der Waals surface area (Å²) in [5.74, 6) is -11.7. The lowest BCUT2D eigenvalue weighted by atomic mass is 9.74. The highest BCUT2D eigenvalue weighted by atomic mass is 16.7. The molecule has 0 aromatic rings. The van der Waals surface area contributed by atoms with Crippen molar-refractivity contribution in [3.8, 4) is 0 Å². The molecule has 25 nitrogen and oxygen atoms in total. The quantitative estimate of drug-likeness (QED) is 0.0811. The van der Waals surface area contributed by atoms with Gasteiger partial charge in [-0.25, -0.2) is 9.59 Å². The Morgan fingerprint density at radius 1 is 0.559 bits per heavy atom. The molecule has 28 atom stereocenters. The molecule has 4 rings (SSSR count). The third kappa shape index (κ3) is 19.9. The Morgan fingerprint density at radius 2 is 0.903 bits per heavy atom. The number of ether oxygens (including phenoxy) is 11. The molecule has 0 aromatic heterocycles. The van der Waals surface area contributed by atoms with E-state index in [9.17, 15) is 59.1 Å². The summed E-state index contributed by atoms with van der Waals surface area (Å²) in [6.07, 6.45) is -11.2. The molecule has 0 aromatic carbocycles. The minimum atomic E-state index is -1.98. The number of aliphatic hydroxyl groups is 5. The first-order valence-electron chi connectivity index (χ1n) is 32.8. The van der Waals surface area contributed by atoms with Gasteiger partial charge in [-0.3, -0.25) is 24.0 Å². The second kappa shape index (κ2) is 34.7. The van der Waals surface area contributed by atoms with Crippen LogP contribution in [-0.2, 0) is 85.7 Å². The summed E-state index contributed by atoms with van der Waals surface area (Å²) in [6, 6.07) is -0.568. The highest BCUT2D eigenvalue weighted by Crippen LogP contribution is 2.43. The molecule has 0 unspecified atom stereocenters. The van der Waals surface area contributed by atoms with Gasteiger partial charge < -0.3 is 87.4 Å². The third-order valence-electron chi connectivity index (χ3n) is 20.1. The van der Waals surface area contributed by atoms with Crippen molar-refractivity contribution < 1.29 is 111 Å². The lowest BCUT2D eigenvalue weighted by Gasteiger charge is -2.49. The van der Waals surface area contributed by atoms with E-state index in [4.69, 9.17) is 52.1 Å². The zero-order valence-electron chi connectivity index (χ0n) is 59.6. The molecule has 0 bridgehead atoms. The highest BCUT2D eigenvalue weighted by molar-refractivity contribution is 5.85. The fraction of sp³-hybridized carbons (Fsp3) is 0.838. The van der Waals surface area contributed by atoms with Gasteiger partial charge in [-0.1, -0.05) is 68.5 Å². The third-order valence-corrected chi connectivity index (χ3v) is 20.1. The van der Waals surface area contributed by atoms with E-state index in [-0.39, 0.29) is 61.5 Å². The predicted octanol–water partition coefficient (Wildman–Crippen LogP) is 5.07. The molecule has 5 N–H and O–H groups in total. The summed E-state index contributed by atoms with van der Waals surface area (Å²) >= 11 is 0. The molecule has 536 valence electrons. The first-order valence-corrected chi connectivity index (χ1v) is 32.8. The van der Waals surface area contributed by atoms with Crippen LogP contribution in [0.15, 0.2) is 25.3 Å². The van der Waals surface area contributed by atoms with Crippen LogP contribution in [0, 0.1) is 47.3 Å². The standard InChI is InChI=1S/C35H59NO12.C33H57NO11/c1-14-25-35(10,42)30(40)20(5)27(39)18(3)17-34(9,43-13)31(21(6)28(47-26(38)15-2)22(7)32(41)46-25)48-33-29(45-23(8)37)24(36(11)12)16-19(4)44-33;1-13-23-33(9,40)28(38)19(5)25(36)17(3)16-32(8,41-12)29(45-31-26(37)22(34(10)11)15-18(4)42-31)20(6)27(44-24(35)14-2)21(7)30(39)43-23/h15,18-22,24-25,28-31,33,40,42H,2,14,16-17H2,1,3-13H3;14,17-23,26-29,31,37-38,40H,2,13,15-16H2,1,3-12H3/t18-,19-,20+,21+,22-,24+,25-,28+,29-,30-,31-,33+,34-,35-;17-,18-,19+,20+,21-,22+,23-,26-,27+,28-,29-,31+,32-,33-/m11/s1. The number of aliphatic hydroxyl groups excluding tert-OH is 3. The molecular weight excluding hydrogens is 1210 g/mol. The van der Waals surface area contributed by atoms with Crippen molar-refractivity contribution in [1.82, 2.24) is 9.80 Å². The maximum atomic E-state index is 13.8. The Labute approximate surface area is 552 Å². The van der Waals surface area contributed by atoms with Crippen molar-refractivity contribution >= 4 is 41.4 Å². The average Bonchev–Trinajstić information content (AvgIpc) is 0.792. The van der Waals surface area contributed by atoms with Crippen LogP contribution in [0.2, 0.25) is 0 Å². The van der Waals surface area contributed by atoms with E-state index in [0.29, 0.717) is 12.8 Å². The zero-order chi connectivity index (χ0) is 71.5. The normalized spacial score (nSPS) is 43.0. The summed E-state index contributed by atoms with van der Waals surface area (Å²) < 4.78 is 66.9. The monoisotopic (exact) mass is 1330 g/mol. The molecule has 4 aliphatic rings. The van der Waals surface area contributed by atoms with Gasteiger partial charge in [0.05, 0.1) is 65.7 Å². The molecule has 0 radical (unpaired) electrons. The summed E-state index contributed by atoms with van der Waals surface area (Å²) in [4.78, 5) is 96.5. The van der Waals surface area contributed by atoms with Gasteiger partial charge in [-0.2, -0.15) is 0 Å². The second-order valence-corrected chi connectivity index (χ2v) is 28.0. The Morgan fingerprint density at radius 3 is 1.23 bits per heavy atom. The molecule has 0 saturated carbocycles. The Bertz CT molecular complexity index is 2510. The summed E-state index contributed by atoms with van der Waals surface area (Å²) in [5, 5.41) is 56.7. The Balaban J connectivity index is 0.000000486. The molecule has 0 spiro atoms. The number of rotatable bonds is 15. The van der Waals surface area contributed by atoms with Crippen LogP contribution in [0.4, 0.5) is 0 Å². The van der Waals surface area contributed by atoms with Crippen LogP contribution in [0.3, 0.4) is 0 Å². The van der Waals surface area contributed by atoms with E-state index >= 15 is 0 Å². The van der Waals surface area contributed by atoms with E-state index < -0.39 is 173 Å². The molecular formula is C68H116N2O23. The number of hydrogen-bond acceptors (Lipinski definition) is 25. The van der Waals surface area contributed by atoms with Crippen LogP contribution >= 0.6 is 0 Å². The molecule has 4 heterocycles. The highest BCUT2D eigenvalue weighted by Gasteiger charge is 2.56. The molecule has 4 fully saturated rings. The van der Waals surface area contributed by atoms with E-state index in [2.05, 4.69) is 13.2 Å². The minimum Gasteiger partial charge on any atom is -0.459 e. The van der Waals surface area contributed by atoms with Crippen LogP contribution in [0.25, 0.3) is 0 Å². The van der Waals surface area contributed by atoms with Crippen molar-refractivity contribution in [2.45, 2.75) is 277 Å². The SMILES string of the molecule is C=CC(=O)O[C@H]1[C@H](C)[C@@H](O[C@@H]2O[C@H](C)C[C@H](N(C)C)[C@H]2O)[C@](C)(OC)C[C@@H](C)C(=O)[C@H](C)[C@@H](O)[C@](C)(O)[C@@H](CC)OC(=O)[C@@H]1C.C=CC(=O)O[C@H]1[C@H](C)[C@@H](O[C@@H]2O[C@H](C)C[C@H](N(C)C)[C@H]2OC(C)=O)[C@](C)(OC)C[C@@H](C)C(=O)[C@H](C)[C@@H](O)[C@](C)(O)[C@@H](CC)OC(=O)[C@@H]1C. The molecule has 93 heavy (non-hydrogen) atoms. The first-order chi connectivity index (χ1) is 42.9. The van der Waals surface area contributed by atoms with E-state index in [1.807, 2.05) is 51.8 Å². The van der Waals surface area contributed by atoms with Crippen molar-refractivity contribution in [1.29, 1.82) is 0 Å². The van der Waals surface area contributed by atoms with E-state index in [0.717, 1.165) is 12.2 Å². The van der Waals surface area contributed by atoms with Crippen LogP contribution in [-0.4, -0.2) is 239 Å².